The Bertz CT molecular complexity index is 192. The van der Waals surface area contributed by atoms with Crippen LogP contribution in [0.4, 0.5) is 0 Å². The molecule has 1 aromatic heterocycles. The van der Waals surface area contributed by atoms with Crippen LogP contribution < -0.4 is 0 Å². The van der Waals surface area contributed by atoms with Crippen LogP contribution in [-0.2, 0) is 0 Å². The lowest BCUT2D eigenvalue weighted by Gasteiger charge is -1.84. The maximum atomic E-state index is 3.92. The summed E-state index contributed by atoms with van der Waals surface area (Å²) in [5.41, 5.74) is 0. The standard InChI is InChI=1S/C6H9N3/c1-4-2-5(4)6-7-3-8-9-6/h3-5H,2H2,1H3,(H,7,8,9)/t4-,5+/m1/s1. The number of H-pyrrole nitrogens is 1. The van der Waals surface area contributed by atoms with Gasteiger partial charge in [0.2, 0.25) is 0 Å². The van der Waals surface area contributed by atoms with E-state index in [0.717, 1.165) is 11.7 Å². The molecule has 0 aliphatic heterocycles. The molecule has 0 aromatic carbocycles. The average Bonchev–Trinajstić information content (AvgIpc) is 2.44. The molecule has 0 amide bonds. The molecule has 1 fully saturated rings. The molecule has 1 aliphatic carbocycles. The highest BCUT2D eigenvalue weighted by molar-refractivity contribution is 5.06. The first-order valence-electron chi connectivity index (χ1n) is 3.24. The van der Waals surface area contributed by atoms with Gasteiger partial charge in [-0.25, -0.2) is 0 Å². The fourth-order valence-corrected chi connectivity index (χ4v) is 1.10. The van der Waals surface area contributed by atoms with E-state index in [1.165, 1.54) is 6.42 Å². The van der Waals surface area contributed by atoms with Gasteiger partial charge in [0.05, 0.1) is 0 Å². The lowest BCUT2D eigenvalue weighted by molar-refractivity contribution is 0.848. The molecular weight excluding hydrogens is 114 g/mol. The van der Waals surface area contributed by atoms with Crippen molar-refractivity contribution in [2.45, 2.75) is 19.3 Å². The first-order valence-corrected chi connectivity index (χ1v) is 3.24. The van der Waals surface area contributed by atoms with E-state index in [9.17, 15) is 0 Å². The van der Waals surface area contributed by atoms with E-state index in [-0.39, 0.29) is 0 Å². The largest absolute Gasteiger partial charge is 0.331 e. The summed E-state index contributed by atoms with van der Waals surface area (Å²) in [5.74, 6) is 2.55. The van der Waals surface area contributed by atoms with Crippen LogP contribution in [0.2, 0.25) is 0 Å². The Balaban J connectivity index is 2.18. The minimum atomic E-state index is 0.674. The molecule has 1 heterocycles. The summed E-state index contributed by atoms with van der Waals surface area (Å²) in [5, 5.41) is 7.64. The second-order valence-electron chi connectivity index (χ2n) is 2.69. The molecule has 3 nitrogen and oxygen atoms in total. The van der Waals surface area contributed by atoms with Crippen molar-refractivity contribution in [2.24, 2.45) is 5.92 Å². The van der Waals surface area contributed by atoms with Crippen LogP contribution in [0.3, 0.4) is 0 Å². The van der Waals surface area contributed by atoms with Crippen molar-refractivity contribution in [1.82, 2.24) is 15.2 Å². The van der Waals surface area contributed by atoms with E-state index in [1.54, 1.807) is 6.33 Å². The third-order valence-electron chi connectivity index (χ3n) is 1.90. The molecule has 0 saturated heterocycles. The summed E-state index contributed by atoms with van der Waals surface area (Å²) in [6.07, 6.45) is 2.91. The van der Waals surface area contributed by atoms with Crippen LogP contribution in [0.5, 0.6) is 0 Å². The summed E-state index contributed by atoms with van der Waals surface area (Å²) >= 11 is 0. The highest BCUT2D eigenvalue weighted by Gasteiger charge is 2.36. The minimum absolute atomic E-state index is 0.674. The van der Waals surface area contributed by atoms with Crippen LogP contribution in [0.25, 0.3) is 0 Å². The van der Waals surface area contributed by atoms with Crippen LogP contribution in [0.1, 0.15) is 25.1 Å². The van der Waals surface area contributed by atoms with Crippen molar-refractivity contribution in [3.05, 3.63) is 12.2 Å². The number of hydrogen-bond acceptors (Lipinski definition) is 2. The molecule has 3 heteroatoms. The molecule has 2 atom stereocenters. The number of nitrogens with one attached hydrogen (secondary N) is 1. The van der Waals surface area contributed by atoms with E-state index >= 15 is 0 Å². The summed E-state index contributed by atoms with van der Waals surface area (Å²) in [6.45, 7) is 2.23. The van der Waals surface area contributed by atoms with Gasteiger partial charge >= 0.3 is 0 Å². The van der Waals surface area contributed by atoms with Gasteiger partial charge in [0.25, 0.3) is 0 Å². The highest BCUT2D eigenvalue weighted by Crippen LogP contribution is 2.44. The van der Waals surface area contributed by atoms with E-state index in [4.69, 9.17) is 0 Å². The molecule has 1 aliphatic rings. The smallest absolute Gasteiger partial charge is 0.133 e. The molecule has 2 rings (SSSR count). The second kappa shape index (κ2) is 1.56. The highest BCUT2D eigenvalue weighted by atomic mass is 15.2. The second-order valence-corrected chi connectivity index (χ2v) is 2.69. The van der Waals surface area contributed by atoms with Crippen molar-refractivity contribution in [1.29, 1.82) is 0 Å². The number of rotatable bonds is 1. The number of nitrogens with zero attached hydrogens (tertiary/aromatic N) is 2. The van der Waals surface area contributed by atoms with Crippen molar-refractivity contribution in [3.63, 3.8) is 0 Å². The van der Waals surface area contributed by atoms with Gasteiger partial charge in [-0.3, -0.25) is 0 Å². The summed E-state index contributed by atoms with van der Waals surface area (Å²) in [4.78, 5) is 3.01. The van der Waals surface area contributed by atoms with Gasteiger partial charge in [-0.05, 0) is 12.3 Å². The van der Waals surface area contributed by atoms with Gasteiger partial charge < -0.3 is 4.98 Å². The monoisotopic (exact) mass is 123 g/mol. The normalized spacial score (nSPS) is 32.6. The quantitative estimate of drug-likeness (QED) is 0.603. The zero-order chi connectivity index (χ0) is 6.27. The molecule has 1 saturated carbocycles. The molecule has 48 valence electrons. The van der Waals surface area contributed by atoms with Crippen LogP contribution in [-0.4, -0.2) is 15.2 Å². The van der Waals surface area contributed by atoms with Crippen LogP contribution in [0.15, 0.2) is 6.33 Å². The number of aromatic amines is 1. The molecule has 0 spiro atoms. The van der Waals surface area contributed by atoms with E-state index < -0.39 is 0 Å². The fourth-order valence-electron chi connectivity index (χ4n) is 1.10. The zero-order valence-electron chi connectivity index (χ0n) is 5.33. The molecule has 9 heavy (non-hydrogen) atoms. The Morgan fingerprint density at radius 3 is 3.00 bits per heavy atom. The number of hydrogen-bond donors (Lipinski definition) is 1. The summed E-state index contributed by atoms with van der Waals surface area (Å²) < 4.78 is 0. The Morgan fingerprint density at radius 1 is 1.78 bits per heavy atom. The lowest BCUT2D eigenvalue weighted by atomic mass is 10.3. The topological polar surface area (TPSA) is 41.6 Å². The van der Waals surface area contributed by atoms with E-state index in [2.05, 4.69) is 22.1 Å². The van der Waals surface area contributed by atoms with Gasteiger partial charge in [-0.2, -0.15) is 0 Å². The molecule has 0 radical (unpaired) electrons. The van der Waals surface area contributed by atoms with Crippen molar-refractivity contribution in [3.8, 4) is 0 Å². The SMILES string of the molecule is C[C@@H]1C[C@@H]1c1nnc[nH]1. The van der Waals surface area contributed by atoms with Gasteiger partial charge in [-0.15, -0.1) is 10.2 Å². The maximum Gasteiger partial charge on any atom is 0.133 e. The van der Waals surface area contributed by atoms with Gasteiger partial charge in [0.1, 0.15) is 12.2 Å². The Hall–Kier alpha value is -0.860. The minimum Gasteiger partial charge on any atom is -0.331 e. The molecule has 0 bridgehead atoms. The zero-order valence-corrected chi connectivity index (χ0v) is 5.33. The maximum absolute atomic E-state index is 3.92. The fraction of sp³-hybridized carbons (Fsp3) is 0.667. The van der Waals surface area contributed by atoms with Gasteiger partial charge in [0, 0.05) is 5.92 Å². The van der Waals surface area contributed by atoms with Crippen molar-refractivity contribution in [2.75, 3.05) is 0 Å². The van der Waals surface area contributed by atoms with Gasteiger partial charge in [0.15, 0.2) is 0 Å². The lowest BCUT2D eigenvalue weighted by Crippen LogP contribution is -1.83. The predicted octanol–water partition coefficient (Wildman–Crippen LogP) is 0.928. The third kappa shape index (κ3) is 0.724. The van der Waals surface area contributed by atoms with E-state index in [0.29, 0.717) is 5.92 Å². The van der Waals surface area contributed by atoms with Crippen LogP contribution >= 0.6 is 0 Å². The summed E-state index contributed by atoms with van der Waals surface area (Å²) in [6, 6.07) is 0. The molecular formula is C6H9N3. The van der Waals surface area contributed by atoms with Crippen molar-refractivity contribution >= 4 is 0 Å². The predicted molar refractivity (Wildman–Crippen MR) is 32.9 cm³/mol. The first kappa shape index (κ1) is 4.97. The molecule has 0 unspecified atom stereocenters. The Labute approximate surface area is 53.5 Å². The average molecular weight is 123 g/mol. The Morgan fingerprint density at radius 2 is 2.56 bits per heavy atom. The number of aromatic nitrogens is 3. The summed E-state index contributed by atoms with van der Waals surface area (Å²) in [7, 11) is 0. The first-order chi connectivity index (χ1) is 4.38. The molecule has 1 aromatic rings. The van der Waals surface area contributed by atoms with Crippen molar-refractivity contribution < 1.29 is 0 Å². The van der Waals surface area contributed by atoms with Crippen LogP contribution in [0, 0.1) is 5.92 Å². The van der Waals surface area contributed by atoms with Gasteiger partial charge in [-0.1, -0.05) is 6.92 Å². The van der Waals surface area contributed by atoms with E-state index in [1.807, 2.05) is 0 Å². The third-order valence-corrected chi connectivity index (χ3v) is 1.90. The molecule has 1 N–H and O–H groups in total. The Kier molecular flexibility index (Phi) is 0.860.